The van der Waals surface area contributed by atoms with E-state index in [-0.39, 0.29) is 0 Å². The van der Waals surface area contributed by atoms with Crippen molar-refractivity contribution in [2.75, 3.05) is 19.6 Å². The summed E-state index contributed by atoms with van der Waals surface area (Å²) in [6.45, 7) is 2.62. The van der Waals surface area contributed by atoms with Crippen LogP contribution in [0.4, 0.5) is 0 Å². The minimum atomic E-state index is 0.700. The maximum atomic E-state index is 5.29. The van der Waals surface area contributed by atoms with Gasteiger partial charge in [-0.25, -0.2) is 0 Å². The molecule has 0 radical (unpaired) electrons. The molecular weight excluding hydrogens is 102 g/mol. The third kappa shape index (κ3) is 1.20. The van der Waals surface area contributed by atoms with Gasteiger partial charge in [0.25, 0.3) is 0 Å². The van der Waals surface area contributed by atoms with Crippen LogP contribution in [0.2, 0.25) is 0 Å². The van der Waals surface area contributed by atoms with Gasteiger partial charge in [0.15, 0.2) is 0 Å². The van der Waals surface area contributed by atoms with Gasteiger partial charge in [0, 0.05) is 13.0 Å². The molecule has 0 atom stereocenters. The molecule has 0 aromatic heterocycles. The average Bonchev–Trinajstić information content (AvgIpc) is 2.19. The summed E-state index contributed by atoms with van der Waals surface area (Å²) in [5.41, 5.74) is 5.29. The summed E-state index contributed by atoms with van der Waals surface area (Å²) in [5.74, 6) is 1.08. The van der Waals surface area contributed by atoms with Crippen LogP contribution < -0.4 is 11.1 Å². The van der Waals surface area contributed by atoms with Crippen molar-refractivity contribution in [2.24, 2.45) is 10.7 Å². The van der Waals surface area contributed by atoms with Crippen LogP contribution in [0, 0.1) is 0 Å². The molecule has 1 aliphatic heterocycles. The Hall–Kier alpha value is -0.570. The summed E-state index contributed by atoms with van der Waals surface area (Å²) in [6, 6.07) is 0. The minimum Gasteiger partial charge on any atom is -0.372 e. The molecule has 1 aliphatic rings. The van der Waals surface area contributed by atoms with E-state index in [4.69, 9.17) is 5.73 Å². The molecule has 3 N–H and O–H groups in total. The Morgan fingerprint density at radius 1 is 1.75 bits per heavy atom. The first kappa shape index (κ1) is 5.56. The van der Waals surface area contributed by atoms with Crippen LogP contribution in [-0.4, -0.2) is 25.5 Å². The second kappa shape index (κ2) is 2.67. The monoisotopic (exact) mass is 113 g/mol. The lowest BCUT2D eigenvalue weighted by molar-refractivity contribution is 0.936. The van der Waals surface area contributed by atoms with E-state index < -0.39 is 0 Å². The number of aliphatic imine (C=N–C) groups is 1. The fraction of sp³-hybridized carbons (Fsp3) is 0.800. The number of hydrogen-bond donors (Lipinski definition) is 2. The van der Waals surface area contributed by atoms with Crippen molar-refractivity contribution in [1.29, 1.82) is 0 Å². The molecule has 0 bridgehead atoms. The Bertz CT molecular complexity index is 97.8. The van der Waals surface area contributed by atoms with E-state index in [1.807, 2.05) is 0 Å². The van der Waals surface area contributed by atoms with E-state index in [0.717, 1.165) is 25.3 Å². The van der Waals surface area contributed by atoms with Crippen molar-refractivity contribution in [3.63, 3.8) is 0 Å². The van der Waals surface area contributed by atoms with E-state index in [9.17, 15) is 0 Å². The molecule has 0 saturated carbocycles. The summed E-state index contributed by atoms with van der Waals surface area (Å²) in [5, 5.41) is 3.13. The van der Waals surface area contributed by atoms with Crippen LogP contribution in [0.5, 0.6) is 0 Å². The largest absolute Gasteiger partial charge is 0.372 e. The highest BCUT2D eigenvalue weighted by Crippen LogP contribution is 1.87. The molecule has 0 spiro atoms. The predicted molar refractivity (Wildman–Crippen MR) is 34.0 cm³/mol. The zero-order valence-corrected chi connectivity index (χ0v) is 4.85. The quantitative estimate of drug-likeness (QED) is 0.499. The van der Waals surface area contributed by atoms with Crippen molar-refractivity contribution in [2.45, 2.75) is 6.42 Å². The Labute approximate surface area is 49.0 Å². The zero-order valence-electron chi connectivity index (χ0n) is 4.85. The molecule has 0 aromatic carbocycles. The van der Waals surface area contributed by atoms with Gasteiger partial charge in [-0.05, 0) is 6.54 Å². The summed E-state index contributed by atoms with van der Waals surface area (Å²) >= 11 is 0. The van der Waals surface area contributed by atoms with Gasteiger partial charge >= 0.3 is 0 Å². The molecule has 0 fully saturated rings. The van der Waals surface area contributed by atoms with Gasteiger partial charge in [0.05, 0.1) is 12.4 Å². The van der Waals surface area contributed by atoms with Gasteiger partial charge in [-0.3, -0.25) is 4.99 Å². The Morgan fingerprint density at radius 2 is 2.62 bits per heavy atom. The summed E-state index contributed by atoms with van der Waals surface area (Å²) < 4.78 is 0. The van der Waals surface area contributed by atoms with Crippen molar-refractivity contribution in [3.8, 4) is 0 Å². The first-order valence-corrected chi connectivity index (χ1v) is 2.91. The molecule has 1 rings (SSSR count). The van der Waals surface area contributed by atoms with Gasteiger partial charge in [-0.15, -0.1) is 0 Å². The van der Waals surface area contributed by atoms with E-state index in [0.29, 0.717) is 6.54 Å². The third-order valence-corrected chi connectivity index (χ3v) is 1.12. The standard InChI is InChI=1S/C5H11N3/c6-2-1-5-7-3-4-8-5/h1-4,6H2,(H,7,8). The summed E-state index contributed by atoms with van der Waals surface area (Å²) in [7, 11) is 0. The first-order chi connectivity index (χ1) is 3.93. The fourth-order valence-electron chi connectivity index (χ4n) is 0.751. The SMILES string of the molecule is NCCC1=NCCN1. The molecular formula is C5H11N3. The second-order valence-corrected chi connectivity index (χ2v) is 1.79. The van der Waals surface area contributed by atoms with Gasteiger partial charge < -0.3 is 11.1 Å². The van der Waals surface area contributed by atoms with Gasteiger partial charge in [0.2, 0.25) is 0 Å². The van der Waals surface area contributed by atoms with Crippen molar-refractivity contribution in [3.05, 3.63) is 0 Å². The molecule has 1 heterocycles. The molecule has 3 heteroatoms. The van der Waals surface area contributed by atoms with Crippen LogP contribution in [0.15, 0.2) is 4.99 Å². The highest BCUT2D eigenvalue weighted by atomic mass is 15.1. The fourth-order valence-corrected chi connectivity index (χ4v) is 0.751. The van der Waals surface area contributed by atoms with E-state index in [1.54, 1.807) is 0 Å². The summed E-state index contributed by atoms with van der Waals surface area (Å²) in [6.07, 6.45) is 0.903. The van der Waals surface area contributed by atoms with Gasteiger partial charge in [0.1, 0.15) is 0 Å². The van der Waals surface area contributed by atoms with Crippen LogP contribution in [0.25, 0.3) is 0 Å². The Morgan fingerprint density at radius 3 is 3.12 bits per heavy atom. The topological polar surface area (TPSA) is 50.4 Å². The maximum absolute atomic E-state index is 5.29. The maximum Gasteiger partial charge on any atom is 0.0977 e. The van der Waals surface area contributed by atoms with E-state index >= 15 is 0 Å². The number of rotatable bonds is 2. The smallest absolute Gasteiger partial charge is 0.0977 e. The molecule has 3 nitrogen and oxygen atoms in total. The van der Waals surface area contributed by atoms with Crippen LogP contribution in [-0.2, 0) is 0 Å². The number of nitrogens with zero attached hydrogens (tertiary/aromatic N) is 1. The molecule has 46 valence electrons. The minimum absolute atomic E-state index is 0.700. The number of nitrogens with one attached hydrogen (secondary N) is 1. The van der Waals surface area contributed by atoms with Crippen LogP contribution >= 0.6 is 0 Å². The molecule has 0 aliphatic carbocycles. The first-order valence-electron chi connectivity index (χ1n) is 2.91. The molecule has 0 unspecified atom stereocenters. The lowest BCUT2D eigenvalue weighted by Crippen LogP contribution is -2.21. The Balaban J connectivity index is 2.23. The molecule has 0 saturated heterocycles. The third-order valence-electron chi connectivity index (χ3n) is 1.12. The molecule has 8 heavy (non-hydrogen) atoms. The van der Waals surface area contributed by atoms with E-state index in [2.05, 4.69) is 10.3 Å². The molecule has 0 amide bonds. The van der Waals surface area contributed by atoms with E-state index in [1.165, 1.54) is 0 Å². The summed E-state index contributed by atoms with van der Waals surface area (Å²) in [4.78, 5) is 4.15. The highest BCUT2D eigenvalue weighted by Gasteiger charge is 2.00. The number of amidine groups is 1. The average molecular weight is 113 g/mol. The highest BCUT2D eigenvalue weighted by molar-refractivity contribution is 5.83. The molecule has 0 aromatic rings. The van der Waals surface area contributed by atoms with Gasteiger partial charge in [-0.2, -0.15) is 0 Å². The Kier molecular flexibility index (Phi) is 1.86. The predicted octanol–water partition coefficient (Wildman–Crippen LogP) is -0.663. The van der Waals surface area contributed by atoms with Crippen molar-refractivity contribution >= 4 is 5.84 Å². The lowest BCUT2D eigenvalue weighted by atomic mass is 10.4. The zero-order chi connectivity index (χ0) is 5.82. The second-order valence-electron chi connectivity index (χ2n) is 1.79. The normalized spacial score (nSPS) is 17.9. The van der Waals surface area contributed by atoms with Crippen LogP contribution in [0.1, 0.15) is 6.42 Å². The van der Waals surface area contributed by atoms with Crippen molar-refractivity contribution in [1.82, 2.24) is 5.32 Å². The van der Waals surface area contributed by atoms with Gasteiger partial charge in [-0.1, -0.05) is 0 Å². The van der Waals surface area contributed by atoms with Crippen LogP contribution in [0.3, 0.4) is 0 Å². The number of nitrogens with two attached hydrogens (primary N) is 1. The van der Waals surface area contributed by atoms with Crippen molar-refractivity contribution < 1.29 is 0 Å². The lowest BCUT2D eigenvalue weighted by Gasteiger charge is -1.95. The number of hydrogen-bond acceptors (Lipinski definition) is 3.